The quantitative estimate of drug-likeness (QED) is 0.477. The molecule has 1 fully saturated rings. The summed E-state index contributed by atoms with van der Waals surface area (Å²) in [6, 6.07) is 16.9. The van der Waals surface area contributed by atoms with Gasteiger partial charge in [-0.3, -0.25) is 19.3 Å². The van der Waals surface area contributed by atoms with Crippen molar-refractivity contribution in [2.24, 2.45) is 0 Å². The summed E-state index contributed by atoms with van der Waals surface area (Å²) in [5.74, 6) is -1.15. The Hall–Kier alpha value is -3.91. The standard InChI is InChI=1S/C28H31N3O5/c1-19-12-13-22(16-20(19)2)31(25(32)18-30-27(33)24-11-7-15-36-24)26(21-8-4-3-5-9-21)28(34)29-17-23-10-6-14-35-23/h3-5,7-9,11-13,15-16,23,26H,6,10,14,17-18H2,1-2H3,(H,29,34)(H,30,33)/t23-,26+/m1/s1. The Kier molecular flexibility index (Phi) is 8.17. The Morgan fingerprint density at radius 1 is 1.00 bits per heavy atom. The van der Waals surface area contributed by atoms with Gasteiger partial charge in [0.25, 0.3) is 5.91 Å². The second-order valence-electron chi connectivity index (χ2n) is 8.89. The highest BCUT2D eigenvalue weighted by molar-refractivity contribution is 6.04. The highest BCUT2D eigenvalue weighted by atomic mass is 16.5. The number of nitrogens with one attached hydrogen (secondary N) is 2. The van der Waals surface area contributed by atoms with Crippen LogP contribution < -0.4 is 15.5 Å². The first-order valence-electron chi connectivity index (χ1n) is 12.1. The monoisotopic (exact) mass is 489 g/mol. The maximum atomic E-state index is 13.7. The SMILES string of the molecule is Cc1ccc(N(C(=O)CNC(=O)c2ccco2)[C@H](C(=O)NC[C@H]2CCCO2)c2ccccc2)cc1C. The molecular weight excluding hydrogens is 458 g/mol. The minimum absolute atomic E-state index is 0.0382. The van der Waals surface area contributed by atoms with Crippen LogP contribution in [0.25, 0.3) is 0 Å². The lowest BCUT2D eigenvalue weighted by Gasteiger charge is -2.32. The minimum atomic E-state index is -0.942. The Balaban J connectivity index is 1.65. The molecule has 1 saturated heterocycles. The first-order valence-corrected chi connectivity index (χ1v) is 12.1. The van der Waals surface area contributed by atoms with Crippen LogP contribution in [0.5, 0.6) is 0 Å². The molecule has 0 saturated carbocycles. The van der Waals surface area contributed by atoms with Crippen LogP contribution in [0.1, 0.15) is 46.1 Å². The van der Waals surface area contributed by atoms with Gasteiger partial charge in [-0.2, -0.15) is 0 Å². The third-order valence-electron chi connectivity index (χ3n) is 6.33. The molecule has 2 atom stereocenters. The molecule has 0 aliphatic carbocycles. The van der Waals surface area contributed by atoms with Crippen molar-refractivity contribution in [3.8, 4) is 0 Å². The summed E-state index contributed by atoms with van der Waals surface area (Å²) in [7, 11) is 0. The molecule has 1 aliphatic heterocycles. The highest BCUT2D eigenvalue weighted by Crippen LogP contribution is 2.29. The summed E-state index contributed by atoms with van der Waals surface area (Å²) in [5, 5.41) is 5.59. The molecule has 2 aromatic carbocycles. The van der Waals surface area contributed by atoms with E-state index in [-0.39, 0.29) is 24.3 Å². The summed E-state index contributed by atoms with van der Waals surface area (Å²) < 4.78 is 10.8. The normalized spacial score (nSPS) is 15.8. The maximum Gasteiger partial charge on any atom is 0.287 e. The number of hydrogen-bond acceptors (Lipinski definition) is 5. The van der Waals surface area contributed by atoms with Crippen LogP contribution in [0.4, 0.5) is 5.69 Å². The van der Waals surface area contributed by atoms with Crippen LogP contribution in [0.2, 0.25) is 0 Å². The van der Waals surface area contributed by atoms with E-state index in [1.165, 1.54) is 17.2 Å². The first kappa shape index (κ1) is 25.2. The zero-order valence-electron chi connectivity index (χ0n) is 20.5. The van der Waals surface area contributed by atoms with Crippen LogP contribution in [-0.4, -0.2) is 43.5 Å². The molecule has 4 rings (SSSR count). The van der Waals surface area contributed by atoms with Gasteiger partial charge in [-0.05, 0) is 67.6 Å². The van der Waals surface area contributed by atoms with Crippen molar-refractivity contribution in [1.29, 1.82) is 0 Å². The second-order valence-corrected chi connectivity index (χ2v) is 8.89. The summed E-state index contributed by atoms with van der Waals surface area (Å²) >= 11 is 0. The average Bonchev–Trinajstić information content (AvgIpc) is 3.61. The Bertz CT molecular complexity index is 1190. The molecule has 3 amide bonds. The lowest BCUT2D eigenvalue weighted by molar-refractivity contribution is -0.126. The van der Waals surface area contributed by atoms with Gasteiger partial charge in [0, 0.05) is 18.8 Å². The predicted molar refractivity (Wildman–Crippen MR) is 136 cm³/mol. The first-order chi connectivity index (χ1) is 17.4. The number of rotatable bonds is 9. The molecule has 1 aromatic heterocycles. The minimum Gasteiger partial charge on any atom is -0.459 e. The Labute approximate surface area is 210 Å². The Morgan fingerprint density at radius 3 is 2.47 bits per heavy atom. The lowest BCUT2D eigenvalue weighted by atomic mass is 10.0. The molecule has 36 heavy (non-hydrogen) atoms. The lowest BCUT2D eigenvalue weighted by Crippen LogP contribution is -2.48. The van der Waals surface area contributed by atoms with E-state index in [9.17, 15) is 14.4 Å². The third-order valence-corrected chi connectivity index (χ3v) is 6.33. The van der Waals surface area contributed by atoms with Gasteiger partial charge >= 0.3 is 0 Å². The zero-order valence-corrected chi connectivity index (χ0v) is 20.5. The smallest absolute Gasteiger partial charge is 0.287 e. The predicted octanol–water partition coefficient (Wildman–Crippen LogP) is 3.70. The van der Waals surface area contributed by atoms with E-state index in [1.54, 1.807) is 6.07 Å². The van der Waals surface area contributed by atoms with E-state index in [4.69, 9.17) is 9.15 Å². The number of nitrogens with zero attached hydrogens (tertiary/aromatic N) is 1. The number of hydrogen-bond donors (Lipinski definition) is 2. The molecule has 8 nitrogen and oxygen atoms in total. The Morgan fingerprint density at radius 2 is 1.81 bits per heavy atom. The van der Waals surface area contributed by atoms with E-state index in [2.05, 4.69) is 10.6 Å². The molecular formula is C28H31N3O5. The van der Waals surface area contributed by atoms with Crippen molar-refractivity contribution in [2.45, 2.75) is 38.8 Å². The van der Waals surface area contributed by atoms with Crippen LogP contribution >= 0.6 is 0 Å². The number of carbonyl (C=O) groups is 3. The van der Waals surface area contributed by atoms with Crippen LogP contribution in [0.3, 0.4) is 0 Å². The van der Waals surface area contributed by atoms with Crippen molar-refractivity contribution >= 4 is 23.4 Å². The van der Waals surface area contributed by atoms with Crippen LogP contribution in [-0.2, 0) is 14.3 Å². The van der Waals surface area contributed by atoms with Gasteiger partial charge in [-0.25, -0.2) is 0 Å². The third kappa shape index (κ3) is 6.01. The molecule has 0 radical (unpaired) electrons. The summed E-state index contributed by atoms with van der Waals surface area (Å²) in [5.41, 5.74) is 3.27. The fourth-order valence-electron chi connectivity index (χ4n) is 4.22. The number of furan rings is 1. The van der Waals surface area contributed by atoms with Gasteiger partial charge in [0.05, 0.1) is 18.9 Å². The molecule has 2 N–H and O–H groups in total. The number of anilines is 1. The molecule has 3 aromatic rings. The van der Waals surface area contributed by atoms with E-state index in [1.807, 2.05) is 62.4 Å². The van der Waals surface area contributed by atoms with Crippen molar-refractivity contribution in [3.63, 3.8) is 0 Å². The van der Waals surface area contributed by atoms with Gasteiger partial charge in [0.2, 0.25) is 11.8 Å². The van der Waals surface area contributed by atoms with Crippen molar-refractivity contribution in [2.75, 3.05) is 24.6 Å². The van der Waals surface area contributed by atoms with Gasteiger partial charge in [-0.15, -0.1) is 0 Å². The number of amides is 3. The fourth-order valence-corrected chi connectivity index (χ4v) is 4.22. The van der Waals surface area contributed by atoms with Crippen LogP contribution in [0.15, 0.2) is 71.3 Å². The van der Waals surface area contributed by atoms with Gasteiger partial charge in [0.15, 0.2) is 5.76 Å². The van der Waals surface area contributed by atoms with E-state index >= 15 is 0 Å². The molecule has 1 aliphatic rings. The topological polar surface area (TPSA) is 101 Å². The van der Waals surface area contributed by atoms with Gasteiger partial charge < -0.3 is 19.8 Å². The molecule has 0 spiro atoms. The number of aryl methyl sites for hydroxylation is 2. The highest BCUT2D eigenvalue weighted by Gasteiger charge is 2.33. The number of ether oxygens (including phenoxy) is 1. The number of carbonyl (C=O) groups excluding carboxylic acids is 3. The maximum absolute atomic E-state index is 13.7. The average molecular weight is 490 g/mol. The van der Waals surface area contributed by atoms with Gasteiger partial charge in [0.1, 0.15) is 6.04 Å². The van der Waals surface area contributed by atoms with Gasteiger partial charge in [-0.1, -0.05) is 36.4 Å². The molecule has 188 valence electrons. The molecule has 0 bridgehead atoms. The van der Waals surface area contributed by atoms with E-state index in [0.29, 0.717) is 24.4 Å². The summed E-state index contributed by atoms with van der Waals surface area (Å²) in [6.07, 6.45) is 3.20. The molecule has 8 heteroatoms. The van der Waals surface area contributed by atoms with Crippen molar-refractivity contribution in [1.82, 2.24) is 10.6 Å². The van der Waals surface area contributed by atoms with E-state index in [0.717, 1.165) is 24.0 Å². The van der Waals surface area contributed by atoms with E-state index < -0.39 is 17.9 Å². The number of benzene rings is 2. The largest absolute Gasteiger partial charge is 0.459 e. The summed E-state index contributed by atoms with van der Waals surface area (Å²) in [4.78, 5) is 41.2. The van der Waals surface area contributed by atoms with Crippen molar-refractivity contribution in [3.05, 3.63) is 89.4 Å². The molecule has 0 unspecified atom stereocenters. The van der Waals surface area contributed by atoms with Crippen molar-refractivity contribution < 1.29 is 23.5 Å². The summed E-state index contributed by atoms with van der Waals surface area (Å²) in [6.45, 7) is 4.68. The molecule has 2 heterocycles. The zero-order chi connectivity index (χ0) is 25.5. The van der Waals surface area contributed by atoms with Crippen LogP contribution in [0, 0.1) is 13.8 Å². The fraction of sp³-hybridized carbons (Fsp3) is 0.321. The second kappa shape index (κ2) is 11.7.